The quantitative estimate of drug-likeness (QED) is 0.794. The summed E-state index contributed by atoms with van der Waals surface area (Å²) in [6.45, 7) is 1.94. The molecule has 0 saturated carbocycles. The van der Waals surface area contributed by atoms with E-state index in [0.29, 0.717) is 5.69 Å². The van der Waals surface area contributed by atoms with E-state index in [0.717, 1.165) is 5.56 Å². The number of benzene rings is 2. The van der Waals surface area contributed by atoms with Gasteiger partial charge in [0.25, 0.3) is 5.91 Å². The van der Waals surface area contributed by atoms with Crippen molar-refractivity contribution in [2.24, 2.45) is 0 Å². The lowest BCUT2D eigenvalue weighted by Gasteiger charge is -2.12. The number of methoxy groups -OCH3 is 1. The summed E-state index contributed by atoms with van der Waals surface area (Å²) in [4.78, 5) is 12.4. The van der Waals surface area contributed by atoms with Crippen LogP contribution in [0.3, 0.4) is 0 Å². The zero-order valence-electron chi connectivity index (χ0n) is 13.7. The first-order chi connectivity index (χ1) is 11.8. The zero-order chi connectivity index (χ0) is 18.6. The van der Waals surface area contributed by atoms with Crippen LogP contribution in [0.4, 0.5) is 5.69 Å². The van der Waals surface area contributed by atoms with Crippen LogP contribution in [0.25, 0.3) is 0 Å². The van der Waals surface area contributed by atoms with E-state index in [-0.39, 0.29) is 32.9 Å². The van der Waals surface area contributed by atoms with Gasteiger partial charge >= 0.3 is 0 Å². The number of carbonyl (C=O) groups is 1. The average molecular weight is 402 g/mol. The molecule has 2 aromatic carbocycles. The molecule has 0 saturated heterocycles. The van der Waals surface area contributed by atoms with E-state index in [4.69, 9.17) is 27.9 Å². The van der Waals surface area contributed by atoms with Gasteiger partial charge in [0.15, 0.2) is 9.84 Å². The van der Waals surface area contributed by atoms with Gasteiger partial charge in [-0.2, -0.15) is 0 Å². The third kappa shape index (κ3) is 4.73. The van der Waals surface area contributed by atoms with Crippen LogP contribution in [0.15, 0.2) is 41.3 Å². The zero-order valence-corrected chi connectivity index (χ0v) is 16.0. The number of amides is 1. The number of hydrogen-bond donors (Lipinski definition) is 1. The first-order valence-corrected chi connectivity index (χ1v) is 9.75. The van der Waals surface area contributed by atoms with Crippen LogP contribution in [0.2, 0.25) is 10.0 Å². The third-order valence-electron chi connectivity index (χ3n) is 3.48. The minimum atomic E-state index is -3.70. The molecule has 0 aliphatic carbocycles. The Morgan fingerprint density at radius 1 is 1.12 bits per heavy atom. The topological polar surface area (TPSA) is 72.5 Å². The van der Waals surface area contributed by atoms with Crippen LogP contribution < -0.4 is 5.32 Å². The molecule has 2 aromatic rings. The second-order valence-electron chi connectivity index (χ2n) is 5.37. The van der Waals surface area contributed by atoms with Crippen molar-refractivity contribution in [1.29, 1.82) is 0 Å². The minimum absolute atomic E-state index is 0.0200. The molecule has 25 heavy (non-hydrogen) atoms. The maximum absolute atomic E-state index is 12.5. The van der Waals surface area contributed by atoms with E-state index in [9.17, 15) is 13.2 Å². The second kappa shape index (κ2) is 8.19. The van der Waals surface area contributed by atoms with Gasteiger partial charge < -0.3 is 10.1 Å². The number of anilines is 1. The first-order valence-electron chi connectivity index (χ1n) is 7.34. The van der Waals surface area contributed by atoms with Crippen molar-refractivity contribution in [2.45, 2.75) is 11.8 Å². The van der Waals surface area contributed by atoms with Crippen molar-refractivity contribution in [3.63, 3.8) is 0 Å². The van der Waals surface area contributed by atoms with Gasteiger partial charge in [0, 0.05) is 12.8 Å². The van der Waals surface area contributed by atoms with Gasteiger partial charge in [0.1, 0.15) is 0 Å². The summed E-state index contributed by atoms with van der Waals surface area (Å²) in [6, 6.07) is 9.77. The third-order valence-corrected chi connectivity index (χ3v) is 6.02. The molecule has 2 rings (SSSR count). The summed E-state index contributed by atoms with van der Waals surface area (Å²) in [6.07, 6.45) is 0. The van der Waals surface area contributed by atoms with E-state index in [1.165, 1.54) is 19.2 Å². The molecule has 0 unspecified atom stereocenters. The Hall–Kier alpha value is -1.60. The Morgan fingerprint density at radius 2 is 1.76 bits per heavy atom. The fourth-order valence-electron chi connectivity index (χ4n) is 2.12. The largest absolute Gasteiger partial charge is 0.384 e. The maximum Gasteiger partial charge on any atom is 0.258 e. The summed E-state index contributed by atoms with van der Waals surface area (Å²) in [5.74, 6) is -0.827. The molecule has 5 nitrogen and oxygen atoms in total. The highest BCUT2D eigenvalue weighted by Crippen LogP contribution is 2.32. The highest BCUT2D eigenvalue weighted by atomic mass is 35.5. The molecule has 0 bridgehead atoms. The SMILES string of the molecule is COCCS(=O)(=O)c1ccc(Cl)c(C(=O)Nc2ccc(C)cc2)c1Cl. The Labute approximate surface area is 156 Å². The van der Waals surface area contributed by atoms with Crippen molar-refractivity contribution >= 4 is 44.6 Å². The van der Waals surface area contributed by atoms with Crippen molar-refractivity contribution in [2.75, 3.05) is 24.8 Å². The molecule has 0 aromatic heterocycles. The molecule has 1 N–H and O–H groups in total. The van der Waals surface area contributed by atoms with Gasteiger partial charge in [-0.1, -0.05) is 40.9 Å². The molecule has 0 heterocycles. The minimum Gasteiger partial charge on any atom is -0.384 e. The van der Waals surface area contributed by atoms with Crippen LogP contribution in [0.5, 0.6) is 0 Å². The second-order valence-corrected chi connectivity index (χ2v) is 8.23. The van der Waals surface area contributed by atoms with Gasteiger partial charge in [0.05, 0.1) is 32.9 Å². The van der Waals surface area contributed by atoms with Crippen molar-refractivity contribution in [3.8, 4) is 0 Å². The molecular weight excluding hydrogens is 385 g/mol. The van der Waals surface area contributed by atoms with E-state index >= 15 is 0 Å². The smallest absolute Gasteiger partial charge is 0.258 e. The van der Waals surface area contributed by atoms with Crippen molar-refractivity contribution in [1.82, 2.24) is 0 Å². The van der Waals surface area contributed by atoms with Crippen LogP contribution in [0, 0.1) is 6.92 Å². The lowest BCUT2D eigenvalue weighted by molar-refractivity contribution is 0.102. The van der Waals surface area contributed by atoms with E-state index in [1.54, 1.807) is 12.1 Å². The molecule has 0 fully saturated rings. The fourth-order valence-corrected chi connectivity index (χ4v) is 4.27. The number of ether oxygens (including phenoxy) is 1. The summed E-state index contributed by atoms with van der Waals surface area (Å²) >= 11 is 12.3. The van der Waals surface area contributed by atoms with Gasteiger partial charge in [-0.25, -0.2) is 8.42 Å². The fraction of sp³-hybridized carbons (Fsp3) is 0.235. The molecule has 0 spiro atoms. The van der Waals surface area contributed by atoms with Crippen LogP contribution in [-0.4, -0.2) is 33.8 Å². The molecule has 8 heteroatoms. The summed E-state index contributed by atoms with van der Waals surface area (Å²) in [5.41, 5.74) is 1.51. The van der Waals surface area contributed by atoms with Gasteiger partial charge in [-0.3, -0.25) is 4.79 Å². The van der Waals surface area contributed by atoms with Gasteiger partial charge in [-0.15, -0.1) is 0 Å². The van der Waals surface area contributed by atoms with Gasteiger partial charge in [-0.05, 0) is 31.2 Å². The van der Waals surface area contributed by atoms with Crippen molar-refractivity contribution in [3.05, 3.63) is 57.6 Å². The van der Waals surface area contributed by atoms with Crippen LogP contribution in [0.1, 0.15) is 15.9 Å². The highest BCUT2D eigenvalue weighted by Gasteiger charge is 2.25. The number of halogens is 2. The molecule has 0 aliphatic rings. The van der Waals surface area contributed by atoms with E-state index < -0.39 is 15.7 Å². The van der Waals surface area contributed by atoms with E-state index in [1.807, 2.05) is 19.1 Å². The predicted molar refractivity (Wildman–Crippen MR) is 99.5 cm³/mol. The normalized spacial score (nSPS) is 11.4. The summed E-state index contributed by atoms with van der Waals surface area (Å²) < 4.78 is 29.5. The lowest BCUT2D eigenvalue weighted by Crippen LogP contribution is -2.17. The van der Waals surface area contributed by atoms with Gasteiger partial charge in [0.2, 0.25) is 0 Å². The number of hydrogen-bond acceptors (Lipinski definition) is 4. The molecule has 0 atom stereocenters. The Bertz CT molecular complexity index is 880. The predicted octanol–water partition coefficient (Wildman–Crippen LogP) is 3.97. The molecule has 0 radical (unpaired) electrons. The number of aryl methyl sites for hydroxylation is 1. The Balaban J connectivity index is 2.39. The molecule has 134 valence electrons. The summed E-state index contributed by atoms with van der Waals surface area (Å²) in [7, 11) is -2.30. The summed E-state index contributed by atoms with van der Waals surface area (Å²) in [5, 5.41) is 2.53. The molecule has 0 aliphatic heterocycles. The van der Waals surface area contributed by atoms with Crippen molar-refractivity contribution < 1.29 is 17.9 Å². The van der Waals surface area contributed by atoms with Crippen LogP contribution >= 0.6 is 23.2 Å². The maximum atomic E-state index is 12.5. The highest BCUT2D eigenvalue weighted by molar-refractivity contribution is 7.91. The van der Waals surface area contributed by atoms with Crippen LogP contribution in [-0.2, 0) is 14.6 Å². The lowest BCUT2D eigenvalue weighted by atomic mass is 10.2. The monoisotopic (exact) mass is 401 g/mol. The van der Waals surface area contributed by atoms with E-state index in [2.05, 4.69) is 5.32 Å². The number of rotatable bonds is 6. The Morgan fingerprint density at radius 3 is 2.36 bits per heavy atom. The Kier molecular flexibility index (Phi) is 6.46. The average Bonchev–Trinajstić information content (AvgIpc) is 2.55. The number of carbonyl (C=O) groups excluding carboxylic acids is 1. The first kappa shape index (κ1) is 19.7. The number of sulfone groups is 1. The number of nitrogens with one attached hydrogen (secondary N) is 1. The molecule has 1 amide bonds. The molecular formula is C17H17Cl2NO4S. The standard InChI is InChI=1S/C17H17Cl2NO4S/c1-11-3-5-12(6-4-11)20-17(21)15-13(18)7-8-14(16(15)19)25(22,23)10-9-24-2/h3-8H,9-10H2,1-2H3,(H,20,21).